The molecular weight excluding hydrogens is 314 g/mol. The molecule has 0 spiro atoms. The van der Waals surface area contributed by atoms with Gasteiger partial charge in [-0.15, -0.1) is 10.2 Å². The number of amides is 1. The number of nitrogens with zero attached hydrogens (tertiary/aromatic N) is 5. The summed E-state index contributed by atoms with van der Waals surface area (Å²) < 4.78 is 0. The van der Waals surface area contributed by atoms with Crippen LogP contribution < -0.4 is 4.90 Å². The van der Waals surface area contributed by atoms with Gasteiger partial charge < -0.3 is 4.90 Å². The second-order valence-corrected chi connectivity index (χ2v) is 8.55. The lowest BCUT2D eigenvalue weighted by molar-refractivity contribution is 0.0966. The van der Waals surface area contributed by atoms with Crippen LogP contribution in [0.25, 0.3) is 0 Å². The van der Waals surface area contributed by atoms with E-state index in [2.05, 4.69) is 55.2 Å². The van der Waals surface area contributed by atoms with Crippen LogP contribution in [0.5, 0.6) is 0 Å². The van der Waals surface area contributed by atoms with E-state index in [1.54, 1.807) is 4.90 Å². The van der Waals surface area contributed by atoms with E-state index in [-0.39, 0.29) is 22.7 Å². The first kappa shape index (κ1) is 19.1. The quantitative estimate of drug-likeness (QED) is 0.849. The predicted molar refractivity (Wildman–Crippen MR) is 99.8 cm³/mol. The second kappa shape index (κ2) is 6.94. The molecule has 0 N–H and O–H groups in total. The summed E-state index contributed by atoms with van der Waals surface area (Å²) >= 11 is 0. The van der Waals surface area contributed by atoms with Crippen LogP contribution in [0, 0.1) is 5.41 Å². The van der Waals surface area contributed by atoms with Gasteiger partial charge in [0, 0.05) is 12.2 Å². The lowest BCUT2D eigenvalue weighted by Crippen LogP contribution is -2.38. The number of carbonyl (C=O) groups is 1. The van der Waals surface area contributed by atoms with Gasteiger partial charge in [-0.3, -0.25) is 4.79 Å². The van der Waals surface area contributed by atoms with Gasteiger partial charge >= 0.3 is 0 Å². The van der Waals surface area contributed by atoms with Gasteiger partial charge in [0.1, 0.15) is 0 Å². The van der Waals surface area contributed by atoms with Crippen molar-refractivity contribution in [3.8, 4) is 0 Å². The number of tetrazole rings is 1. The largest absolute Gasteiger partial charge is 0.305 e. The zero-order valence-electron chi connectivity index (χ0n) is 16.4. The van der Waals surface area contributed by atoms with Crippen LogP contribution in [-0.4, -0.2) is 32.7 Å². The Balaban J connectivity index is 2.37. The Labute approximate surface area is 150 Å². The van der Waals surface area contributed by atoms with Crippen LogP contribution in [0.1, 0.15) is 64.6 Å². The van der Waals surface area contributed by atoms with Crippen LogP contribution in [0.2, 0.25) is 0 Å². The second-order valence-electron chi connectivity index (χ2n) is 8.55. The van der Waals surface area contributed by atoms with Gasteiger partial charge in [-0.25, -0.2) is 0 Å². The fourth-order valence-corrected chi connectivity index (χ4v) is 2.37. The lowest BCUT2D eigenvalue weighted by Gasteiger charge is -2.29. The van der Waals surface area contributed by atoms with E-state index in [1.165, 1.54) is 10.4 Å². The maximum Gasteiger partial charge on any atom is 0.299 e. The van der Waals surface area contributed by atoms with Crippen molar-refractivity contribution in [2.24, 2.45) is 5.41 Å². The Morgan fingerprint density at radius 2 is 1.68 bits per heavy atom. The number of hydrogen-bond acceptors (Lipinski definition) is 4. The summed E-state index contributed by atoms with van der Waals surface area (Å²) in [5.41, 5.74) is 1.72. The highest BCUT2D eigenvalue weighted by Gasteiger charge is 2.28. The summed E-state index contributed by atoms with van der Waals surface area (Å²) in [6.07, 6.45) is 0.967. The Bertz CT molecular complexity index is 720. The van der Waals surface area contributed by atoms with Gasteiger partial charge in [-0.1, -0.05) is 39.8 Å². The third-order valence-corrected chi connectivity index (χ3v) is 3.74. The van der Waals surface area contributed by atoms with Crippen LogP contribution in [-0.2, 0) is 12.0 Å². The van der Waals surface area contributed by atoms with Crippen molar-refractivity contribution in [1.82, 2.24) is 20.2 Å². The summed E-state index contributed by atoms with van der Waals surface area (Å²) in [7, 11) is 0. The molecule has 0 radical (unpaired) electrons. The molecule has 0 unspecified atom stereocenters. The van der Waals surface area contributed by atoms with E-state index in [4.69, 9.17) is 0 Å². The summed E-state index contributed by atoms with van der Waals surface area (Å²) in [5.74, 6) is -0.103. The molecule has 2 aromatic rings. The van der Waals surface area contributed by atoms with Crippen LogP contribution in [0.3, 0.4) is 0 Å². The zero-order valence-corrected chi connectivity index (χ0v) is 16.4. The van der Waals surface area contributed by atoms with Crippen molar-refractivity contribution in [2.45, 2.75) is 60.4 Å². The Morgan fingerprint density at radius 3 is 2.12 bits per heavy atom. The highest BCUT2D eigenvalue weighted by Crippen LogP contribution is 2.24. The van der Waals surface area contributed by atoms with Gasteiger partial charge in [0.05, 0.1) is 5.54 Å². The highest BCUT2D eigenvalue weighted by atomic mass is 16.2. The molecule has 0 aliphatic rings. The number of aryl methyl sites for hydroxylation is 1. The average Bonchev–Trinajstić information content (AvgIpc) is 3.01. The van der Waals surface area contributed by atoms with Crippen molar-refractivity contribution in [1.29, 1.82) is 0 Å². The van der Waals surface area contributed by atoms with E-state index >= 15 is 0 Å². The minimum absolute atomic E-state index is 0.0564. The number of rotatable bonds is 4. The zero-order chi connectivity index (χ0) is 18.8. The monoisotopic (exact) mass is 343 g/mol. The number of carbonyl (C=O) groups excluding carboxylic acids is 1. The molecule has 0 bridgehead atoms. The first-order valence-corrected chi connectivity index (χ1v) is 8.72. The first-order valence-electron chi connectivity index (χ1n) is 8.72. The molecule has 1 amide bonds. The smallest absolute Gasteiger partial charge is 0.299 e. The molecule has 0 saturated heterocycles. The van der Waals surface area contributed by atoms with E-state index in [9.17, 15) is 4.79 Å². The molecule has 1 heterocycles. The van der Waals surface area contributed by atoms with Crippen LogP contribution >= 0.6 is 0 Å². The Hall–Kier alpha value is -2.24. The van der Waals surface area contributed by atoms with Crippen molar-refractivity contribution < 1.29 is 4.79 Å². The number of hydrogen-bond donors (Lipinski definition) is 0. The maximum absolute atomic E-state index is 13.1. The number of benzene rings is 1. The molecule has 0 fully saturated rings. The van der Waals surface area contributed by atoms with Gasteiger partial charge in [0.2, 0.25) is 0 Å². The van der Waals surface area contributed by atoms with E-state index in [0.29, 0.717) is 6.54 Å². The molecule has 0 aliphatic heterocycles. The summed E-state index contributed by atoms with van der Waals surface area (Å²) in [5, 5.41) is 12.3. The van der Waals surface area contributed by atoms with E-state index < -0.39 is 0 Å². The molecule has 136 valence electrons. The molecule has 6 heteroatoms. The molecule has 6 nitrogen and oxygen atoms in total. The third-order valence-electron chi connectivity index (χ3n) is 3.74. The predicted octanol–water partition coefficient (Wildman–Crippen LogP) is 3.68. The summed E-state index contributed by atoms with van der Waals surface area (Å²) in [6, 6.07) is 8.07. The molecule has 1 aromatic heterocycles. The fourth-order valence-electron chi connectivity index (χ4n) is 2.37. The van der Waals surface area contributed by atoms with Crippen LogP contribution in [0.4, 0.5) is 5.69 Å². The standard InChI is InChI=1S/C19H29N5O/c1-8-14-9-11-15(12-10-14)23(13-18(2,3)4)17(25)16-20-22-24(21-16)19(5,6)7/h9-12H,8,13H2,1-7H3. The minimum atomic E-state index is -0.316. The Kier molecular flexibility index (Phi) is 5.30. The minimum Gasteiger partial charge on any atom is -0.305 e. The topological polar surface area (TPSA) is 63.9 Å². The Morgan fingerprint density at radius 1 is 1.08 bits per heavy atom. The van der Waals surface area contributed by atoms with Crippen molar-refractivity contribution in [2.75, 3.05) is 11.4 Å². The van der Waals surface area contributed by atoms with Gasteiger partial charge in [0.15, 0.2) is 0 Å². The average molecular weight is 343 g/mol. The number of anilines is 1. The lowest BCUT2D eigenvalue weighted by atomic mass is 9.95. The molecule has 25 heavy (non-hydrogen) atoms. The fraction of sp³-hybridized carbons (Fsp3) is 0.579. The summed E-state index contributed by atoms with van der Waals surface area (Å²) in [4.78, 5) is 16.3. The molecule has 0 saturated carbocycles. The van der Waals surface area contributed by atoms with Gasteiger partial charge in [-0.05, 0) is 55.5 Å². The van der Waals surface area contributed by atoms with Gasteiger partial charge in [-0.2, -0.15) is 4.80 Å². The highest BCUT2D eigenvalue weighted by molar-refractivity contribution is 6.03. The first-order chi connectivity index (χ1) is 11.5. The molecule has 2 rings (SSSR count). The van der Waals surface area contributed by atoms with E-state index in [0.717, 1.165) is 12.1 Å². The van der Waals surface area contributed by atoms with E-state index in [1.807, 2.05) is 32.9 Å². The normalized spacial score (nSPS) is 12.3. The maximum atomic E-state index is 13.1. The van der Waals surface area contributed by atoms with Crippen LogP contribution in [0.15, 0.2) is 24.3 Å². The molecule has 0 aliphatic carbocycles. The molecule has 1 aromatic carbocycles. The van der Waals surface area contributed by atoms with Crippen molar-refractivity contribution in [3.63, 3.8) is 0 Å². The van der Waals surface area contributed by atoms with Gasteiger partial charge in [0.25, 0.3) is 11.7 Å². The third kappa shape index (κ3) is 4.87. The van der Waals surface area contributed by atoms with Crippen molar-refractivity contribution in [3.05, 3.63) is 35.7 Å². The molecular formula is C19H29N5O. The van der Waals surface area contributed by atoms with Crippen molar-refractivity contribution >= 4 is 11.6 Å². The summed E-state index contributed by atoms with van der Waals surface area (Å²) in [6.45, 7) is 14.9. The molecule has 0 atom stereocenters. The SMILES string of the molecule is CCc1ccc(N(CC(C)(C)C)C(=O)c2nnn(C(C)(C)C)n2)cc1. The number of aromatic nitrogens is 4.